The Bertz CT molecular complexity index is 887. The molecule has 0 aromatic heterocycles. The number of hydrogen-bond donors (Lipinski definition) is 1. The van der Waals surface area contributed by atoms with Crippen molar-refractivity contribution < 1.29 is 31.8 Å². The fraction of sp³-hybridized carbons (Fsp3) is 0.500. The average molecular weight is 455 g/mol. The van der Waals surface area contributed by atoms with Crippen molar-refractivity contribution >= 4 is 0 Å². The minimum Gasteiger partial charge on any atom is -0.493 e. The van der Waals surface area contributed by atoms with Crippen molar-refractivity contribution in [1.29, 1.82) is 0 Å². The summed E-state index contributed by atoms with van der Waals surface area (Å²) < 4.78 is 70.4. The van der Waals surface area contributed by atoms with E-state index in [0.717, 1.165) is 11.6 Å². The summed E-state index contributed by atoms with van der Waals surface area (Å²) in [5.41, 5.74) is 6.17. The zero-order valence-corrected chi connectivity index (χ0v) is 18.3. The molecular weight excluding hydrogens is 426 g/mol. The molecule has 4 nitrogen and oxygen atoms in total. The average Bonchev–Trinajstić information content (AvgIpc) is 2.73. The molecule has 1 heterocycles. The Kier molecular flexibility index (Phi) is 7.47. The second kappa shape index (κ2) is 9.77. The van der Waals surface area contributed by atoms with Gasteiger partial charge in [-0.25, -0.2) is 4.39 Å². The Morgan fingerprint density at radius 2 is 1.59 bits per heavy atom. The number of benzene rings is 2. The molecule has 2 N–H and O–H groups in total. The Labute approximate surface area is 185 Å². The van der Waals surface area contributed by atoms with E-state index in [9.17, 15) is 17.6 Å². The number of nitrogens with two attached hydrogens (primary N) is 1. The van der Waals surface area contributed by atoms with E-state index in [2.05, 4.69) is 0 Å². The smallest absolute Gasteiger partial charge is 0.419 e. The number of alkyl halides is 3. The summed E-state index contributed by atoms with van der Waals surface area (Å²) >= 11 is 0. The van der Waals surface area contributed by atoms with Crippen LogP contribution in [0.25, 0.3) is 0 Å². The predicted molar refractivity (Wildman–Crippen MR) is 113 cm³/mol. The number of rotatable bonds is 8. The first-order valence-electron chi connectivity index (χ1n) is 10.6. The van der Waals surface area contributed by atoms with Crippen LogP contribution < -0.4 is 10.5 Å². The van der Waals surface area contributed by atoms with Crippen molar-refractivity contribution in [1.82, 2.24) is 0 Å². The van der Waals surface area contributed by atoms with Gasteiger partial charge in [-0.3, -0.25) is 0 Å². The maximum atomic E-state index is 13.6. The van der Waals surface area contributed by atoms with Gasteiger partial charge >= 0.3 is 6.18 Å². The van der Waals surface area contributed by atoms with Crippen LogP contribution in [0.5, 0.6) is 5.75 Å². The lowest BCUT2D eigenvalue weighted by atomic mass is 9.92. The van der Waals surface area contributed by atoms with E-state index in [-0.39, 0.29) is 31.4 Å². The lowest BCUT2D eigenvalue weighted by molar-refractivity contribution is -0.267. The van der Waals surface area contributed by atoms with Crippen LogP contribution >= 0.6 is 0 Å². The summed E-state index contributed by atoms with van der Waals surface area (Å²) in [6.45, 7) is 4.26. The fourth-order valence-electron chi connectivity index (χ4n) is 3.45. The molecule has 0 saturated carbocycles. The van der Waals surface area contributed by atoms with Gasteiger partial charge < -0.3 is 19.9 Å². The van der Waals surface area contributed by atoms with Crippen molar-refractivity contribution in [2.24, 2.45) is 5.73 Å². The third-order valence-electron chi connectivity index (χ3n) is 5.46. The maximum absolute atomic E-state index is 13.6. The highest BCUT2D eigenvalue weighted by Gasteiger charge is 2.38. The van der Waals surface area contributed by atoms with Gasteiger partial charge in [-0.2, -0.15) is 13.2 Å². The minimum atomic E-state index is -4.54. The van der Waals surface area contributed by atoms with Crippen LogP contribution in [-0.2, 0) is 28.5 Å². The van der Waals surface area contributed by atoms with Crippen LogP contribution in [0.2, 0.25) is 0 Å². The van der Waals surface area contributed by atoms with E-state index >= 15 is 0 Å². The van der Waals surface area contributed by atoms with Crippen molar-refractivity contribution in [3.63, 3.8) is 0 Å². The van der Waals surface area contributed by atoms with E-state index < -0.39 is 23.1 Å². The first-order chi connectivity index (χ1) is 15.0. The van der Waals surface area contributed by atoms with Crippen molar-refractivity contribution in [2.75, 3.05) is 19.8 Å². The molecule has 0 spiro atoms. The largest absolute Gasteiger partial charge is 0.493 e. The van der Waals surface area contributed by atoms with Gasteiger partial charge in [0.2, 0.25) is 0 Å². The topological polar surface area (TPSA) is 53.7 Å². The molecule has 3 rings (SSSR count). The lowest BCUT2D eigenvalue weighted by Gasteiger charge is -2.41. The Morgan fingerprint density at radius 3 is 2.22 bits per heavy atom. The zero-order chi connectivity index (χ0) is 23.4. The molecule has 1 saturated heterocycles. The SMILES string of the molecule is CC1(C)OCC(N)(CCc2ccc(OCCCc3ccc(F)cc3)c(C(F)(F)F)c2)CO1. The molecule has 0 amide bonds. The van der Waals surface area contributed by atoms with Crippen LogP contribution in [0.15, 0.2) is 42.5 Å². The lowest BCUT2D eigenvalue weighted by Crippen LogP contribution is -2.57. The van der Waals surface area contributed by atoms with Gasteiger partial charge in [-0.15, -0.1) is 0 Å². The molecule has 8 heteroatoms. The van der Waals surface area contributed by atoms with Crippen molar-refractivity contribution in [3.05, 3.63) is 65.0 Å². The maximum Gasteiger partial charge on any atom is 0.419 e. The molecular formula is C24H29F4NO3. The highest BCUT2D eigenvalue weighted by atomic mass is 19.4. The molecule has 176 valence electrons. The molecule has 2 aromatic rings. The van der Waals surface area contributed by atoms with E-state index in [4.69, 9.17) is 19.9 Å². The van der Waals surface area contributed by atoms with Crippen LogP contribution in [0.4, 0.5) is 17.6 Å². The second-order valence-corrected chi connectivity index (χ2v) is 8.75. The van der Waals surface area contributed by atoms with E-state index in [1.165, 1.54) is 18.2 Å². The molecule has 0 unspecified atom stereocenters. The number of hydrogen-bond acceptors (Lipinski definition) is 4. The number of aryl methyl sites for hydroxylation is 2. The third-order valence-corrected chi connectivity index (χ3v) is 5.46. The normalized spacial score (nSPS) is 17.8. The van der Waals surface area contributed by atoms with Crippen molar-refractivity contribution in [2.45, 2.75) is 57.0 Å². The third kappa shape index (κ3) is 6.92. The van der Waals surface area contributed by atoms with E-state index in [1.807, 2.05) is 0 Å². The van der Waals surface area contributed by atoms with E-state index in [0.29, 0.717) is 31.2 Å². The first-order valence-corrected chi connectivity index (χ1v) is 10.6. The zero-order valence-electron chi connectivity index (χ0n) is 18.3. The molecule has 32 heavy (non-hydrogen) atoms. The molecule has 1 aliphatic rings. The van der Waals surface area contributed by atoms with Gasteiger partial charge in [0, 0.05) is 0 Å². The molecule has 0 atom stereocenters. The quantitative estimate of drug-likeness (QED) is 0.435. The number of halogens is 4. The van der Waals surface area contributed by atoms with Crippen LogP contribution in [-0.4, -0.2) is 31.1 Å². The Hall–Kier alpha value is -2.16. The second-order valence-electron chi connectivity index (χ2n) is 8.75. The van der Waals surface area contributed by atoms with Crippen LogP contribution in [0.3, 0.4) is 0 Å². The molecule has 0 radical (unpaired) electrons. The van der Waals surface area contributed by atoms with Gasteiger partial charge in [-0.05, 0) is 74.9 Å². The summed E-state index contributed by atoms with van der Waals surface area (Å²) in [5, 5.41) is 0. The van der Waals surface area contributed by atoms with Crippen LogP contribution in [0.1, 0.15) is 43.4 Å². The Balaban J connectivity index is 1.58. The summed E-state index contributed by atoms with van der Waals surface area (Å²) in [6.07, 6.45) is -2.66. The summed E-state index contributed by atoms with van der Waals surface area (Å²) in [6, 6.07) is 10.1. The molecule has 0 bridgehead atoms. The highest BCUT2D eigenvalue weighted by molar-refractivity contribution is 5.39. The van der Waals surface area contributed by atoms with Crippen LogP contribution in [0, 0.1) is 5.82 Å². The number of ether oxygens (including phenoxy) is 3. The Morgan fingerprint density at radius 1 is 0.969 bits per heavy atom. The fourth-order valence-corrected chi connectivity index (χ4v) is 3.45. The monoisotopic (exact) mass is 455 g/mol. The first kappa shape index (κ1) is 24.5. The van der Waals surface area contributed by atoms with Gasteiger partial charge in [0.15, 0.2) is 5.79 Å². The van der Waals surface area contributed by atoms with E-state index in [1.54, 1.807) is 32.0 Å². The molecule has 2 aromatic carbocycles. The van der Waals surface area contributed by atoms with Crippen molar-refractivity contribution in [3.8, 4) is 5.75 Å². The van der Waals surface area contributed by atoms with Gasteiger partial charge in [0.05, 0.1) is 30.9 Å². The minimum absolute atomic E-state index is 0.121. The molecule has 1 aliphatic heterocycles. The van der Waals surface area contributed by atoms with Gasteiger partial charge in [-0.1, -0.05) is 18.2 Å². The molecule has 1 fully saturated rings. The standard InChI is InChI=1S/C24H29F4NO3/c1-22(2)31-15-23(29,16-32-22)12-11-18-7-10-21(20(14-18)24(26,27)28)30-13-3-4-17-5-8-19(25)9-6-17/h5-10,14H,3-4,11-13,15-16,29H2,1-2H3. The summed E-state index contributed by atoms with van der Waals surface area (Å²) in [5.74, 6) is -1.23. The summed E-state index contributed by atoms with van der Waals surface area (Å²) in [7, 11) is 0. The highest BCUT2D eigenvalue weighted by Crippen LogP contribution is 2.37. The predicted octanol–water partition coefficient (Wildman–Crippen LogP) is 5.27. The summed E-state index contributed by atoms with van der Waals surface area (Å²) in [4.78, 5) is 0. The molecule has 0 aliphatic carbocycles. The van der Waals surface area contributed by atoms with Gasteiger partial charge in [0.25, 0.3) is 0 Å². The van der Waals surface area contributed by atoms with Gasteiger partial charge in [0.1, 0.15) is 11.6 Å².